The Bertz CT molecular complexity index is 210. The fraction of sp³-hybridized carbons (Fsp3) is 0. The van der Waals surface area contributed by atoms with Crippen LogP contribution in [-0.2, 0) is 0 Å². The van der Waals surface area contributed by atoms with Gasteiger partial charge in [-0.25, -0.2) is 0 Å². The minimum Gasteiger partial charge on any atom is -0.256 e. The van der Waals surface area contributed by atoms with Gasteiger partial charge in [-0.05, 0) is 12.1 Å². The average molecular weight is 153 g/mol. The second kappa shape index (κ2) is 2.84. The van der Waals surface area contributed by atoms with Crippen molar-refractivity contribution >= 4 is 26.9 Å². The number of thiocarbonyl (C=S) groups is 1. The predicted octanol–water partition coefficient (Wildman–Crippen LogP) is 0.123. The third-order valence-corrected chi connectivity index (χ3v) is 1.75. The second-order valence-electron chi connectivity index (χ2n) is 1.77. The van der Waals surface area contributed by atoms with Crippen molar-refractivity contribution in [3.05, 3.63) is 30.1 Å². The van der Waals surface area contributed by atoms with E-state index >= 15 is 0 Å². The molecule has 0 fully saturated rings. The Hall–Kier alpha value is -0.543. The Morgan fingerprint density at radius 1 is 1.56 bits per heavy atom. The Balaban J connectivity index is 2.98. The molecule has 9 heavy (non-hydrogen) atoms. The minimum atomic E-state index is 0.925. The zero-order valence-electron chi connectivity index (χ0n) is 5.16. The van der Waals surface area contributed by atoms with E-state index in [2.05, 4.69) is 4.98 Å². The van der Waals surface area contributed by atoms with Crippen molar-refractivity contribution in [2.45, 2.75) is 0 Å². The molecule has 0 amide bonds. The maximum atomic E-state index is 4.96. The molecule has 0 aliphatic carbocycles. The zero-order chi connectivity index (χ0) is 6.69. The summed E-state index contributed by atoms with van der Waals surface area (Å²) in [4.78, 5) is 4.07. The summed E-state index contributed by atoms with van der Waals surface area (Å²) in [5.41, 5.74) is 0.958. The molecule has 1 heterocycles. The molecule has 0 atom stereocenters. The highest BCUT2D eigenvalue weighted by Crippen LogP contribution is 1.92. The molecule has 0 N–H and O–H groups in total. The van der Waals surface area contributed by atoms with E-state index in [1.165, 1.54) is 0 Å². The molecule has 3 heteroatoms. The number of hydrogen-bond acceptors (Lipinski definition) is 2. The Labute approximate surface area is 62.5 Å². The van der Waals surface area contributed by atoms with Crippen LogP contribution in [0.3, 0.4) is 0 Å². The van der Waals surface area contributed by atoms with Gasteiger partial charge in [0.1, 0.15) is 0 Å². The molecule has 46 valence electrons. The van der Waals surface area contributed by atoms with Crippen molar-refractivity contribution in [2.24, 2.45) is 0 Å². The van der Waals surface area contributed by atoms with Gasteiger partial charge in [-0.3, -0.25) is 4.98 Å². The monoisotopic (exact) mass is 153 g/mol. The summed E-state index contributed by atoms with van der Waals surface area (Å²) in [6, 6.07) is 5.78. The first kappa shape index (κ1) is 6.58. The molecular weight excluding hydrogens is 146 g/mol. The topological polar surface area (TPSA) is 12.9 Å². The molecule has 0 bridgehead atoms. The van der Waals surface area contributed by atoms with Gasteiger partial charge in [-0.2, -0.15) is 0 Å². The van der Waals surface area contributed by atoms with Crippen LogP contribution in [0.15, 0.2) is 24.4 Å². The van der Waals surface area contributed by atoms with E-state index in [-0.39, 0.29) is 0 Å². The molecule has 0 aromatic carbocycles. The lowest BCUT2D eigenvalue weighted by Gasteiger charge is -1.91. The van der Waals surface area contributed by atoms with Crippen LogP contribution in [-0.4, -0.2) is 19.7 Å². The van der Waals surface area contributed by atoms with Crippen LogP contribution in [0.2, 0.25) is 0 Å². The van der Waals surface area contributed by atoms with Gasteiger partial charge in [0, 0.05) is 10.7 Å². The third-order valence-electron chi connectivity index (χ3n) is 1.03. The molecule has 0 unspecified atom stereocenters. The first-order chi connectivity index (χ1) is 4.30. The molecule has 0 saturated carbocycles. The van der Waals surface area contributed by atoms with Crippen molar-refractivity contribution in [2.75, 3.05) is 0 Å². The molecular formula is C6H7NSSi. The number of nitrogens with zero attached hydrogens (tertiary/aromatic N) is 1. The van der Waals surface area contributed by atoms with Gasteiger partial charge in [0.2, 0.25) is 0 Å². The highest BCUT2D eigenvalue weighted by molar-refractivity contribution is 7.83. The smallest absolute Gasteiger partial charge is 0.0715 e. The quantitative estimate of drug-likeness (QED) is 0.420. The summed E-state index contributed by atoms with van der Waals surface area (Å²) >= 11 is 4.96. The van der Waals surface area contributed by atoms with E-state index in [0.717, 1.165) is 20.4 Å². The SMILES string of the molecule is [SiH3]C(=S)c1ccccn1. The van der Waals surface area contributed by atoms with Gasteiger partial charge in [-0.1, -0.05) is 18.3 Å². The minimum absolute atomic E-state index is 0.925. The summed E-state index contributed by atoms with van der Waals surface area (Å²) < 4.78 is 0.982. The largest absolute Gasteiger partial charge is 0.256 e. The summed E-state index contributed by atoms with van der Waals surface area (Å²) in [6.45, 7) is 0. The van der Waals surface area contributed by atoms with E-state index < -0.39 is 0 Å². The highest BCUT2D eigenvalue weighted by Gasteiger charge is 1.90. The van der Waals surface area contributed by atoms with Gasteiger partial charge in [0.05, 0.1) is 15.9 Å². The predicted molar refractivity (Wildman–Crippen MR) is 45.9 cm³/mol. The first-order valence-corrected chi connectivity index (χ1v) is 4.13. The van der Waals surface area contributed by atoms with Crippen LogP contribution >= 0.6 is 12.2 Å². The normalized spacial score (nSPS) is 9.33. The Kier molecular flexibility index (Phi) is 2.08. The van der Waals surface area contributed by atoms with E-state index in [0.29, 0.717) is 0 Å². The molecule has 0 radical (unpaired) electrons. The third kappa shape index (κ3) is 1.69. The molecule has 0 aliphatic rings. The number of aromatic nitrogens is 1. The van der Waals surface area contributed by atoms with E-state index in [4.69, 9.17) is 12.2 Å². The van der Waals surface area contributed by atoms with Crippen LogP contribution < -0.4 is 0 Å². The molecule has 0 aliphatic heterocycles. The standard InChI is InChI=1S/C6H7NSSi/c8-6(9)5-3-1-2-4-7-5/h1-4H,9H3. The van der Waals surface area contributed by atoms with Crippen LogP contribution in [0, 0.1) is 0 Å². The summed E-state index contributed by atoms with van der Waals surface area (Å²) in [6.07, 6.45) is 1.76. The van der Waals surface area contributed by atoms with Crippen molar-refractivity contribution in [3.63, 3.8) is 0 Å². The summed E-state index contributed by atoms with van der Waals surface area (Å²) in [7, 11) is 0.925. The molecule has 0 saturated heterocycles. The average Bonchev–Trinajstić information content (AvgIpc) is 1.90. The maximum absolute atomic E-state index is 4.96. The van der Waals surface area contributed by atoms with E-state index in [9.17, 15) is 0 Å². The summed E-state index contributed by atoms with van der Waals surface area (Å²) in [5.74, 6) is 0. The maximum Gasteiger partial charge on any atom is 0.0715 e. The van der Waals surface area contributed by atoms with Gasteiger partial charge in [0.15, 0.2) is 0 Å². The second-order valence-corrected chi connectivity index (χ2v) is 4.11. The molecule has 1 aromatic rings. The number of pyridine rings is 1. The van der Waals surface area contributed by atoms with Gasteiger partial charge in [0.25, 0.3) is 0 Å². The van der Waals surface area contributed by atoms with Crippen LogP contribution in [0.5, 0.6) is 0 Å². The van der Waals surface area contributed by atoms with Crippen LogP contribution in [0.1, 0.15) is 5.69 Å². The molecule has 0 spiro atoms. The lowest BCUT2D eigenvalue weighted by molar-refractivity contribution is 1.31. The van der Waals surface area contributed by atoms with E-state index in [1.54, 1.807) is 6.20 Å². The van der Waals surface area contributed by atoms with Gasteiger partial charge in [-0.15, -0.1) is 0 Å². The molecule has 1 nitrogen and oxygen atoms in total. The highest BCUT2D eigenvalue weighted by atomic mass is 32.1. The van der Waals surface area contributed by atoms with Gasteiger partial charge < -0.3 is 0 Å². The zero-order valence-corrected chi connectivity index (χ0v) is 7.98. The first-order valence-electron chi connectivity index (χ1n) is 2.72. The van der Waals surface area contributed by atoms with Crippen molar-refractivity contribution in [1.29, 1.82) is 0 Å². The Morgan fingerprint density at radius 3 is 2.67 bits per heavy atom. The lowest BCUT2D eigenvalue weighted by Crippen LogP contribution is -1.97. The Morgan fingerprint density at radius 2 is 2.33 bits per heavy atom. The molecule has 1 aromatic heterocycles. The van der Waals surface area contributed by atoms with Crippen molar-refractivity contribution in [3.8, 4) is 0 Å². The number of hydrogen-bond donors (Lipinski definition) is 0. The number of rotatable bonds is 1. The van der Waals surface area contributed by atoms with Crippen molar-refractivity contribution in [1.82, 2.24) is 4.98 Å². The van der Waals surface area contributed by atoms with Crippen LogP contribution in [0.25, 0.3) is 0 Å². The van der Waals surface area contributed by atoms with Gasteiger partial charge >= 0.3 is 0 Å². The summed E-state index contributed by atoms with van der Waals surface area (Å²) in [5, 5.41) is 0. The lowest BCUT2D eigenvalue weighted by atomic mass is 10.4. The van der Waals surface area contributed by atoms with E-state index in [1.807, 2.05) is 18.2 Å². The molecule has 1 rings (SSSR count). The fourth-order valence-electron chi connectivity index (χ4n) is 0.571. The fourth-order valence-corrected chi connectivity index (χ4v) is 0.988. The van der Waals surface area contributed by atoms with Crippen molar-refractivity contribution < 1.29 is 0 Å². The van der Waals surface area contributed by atoms with Crippen LogP contribution in [0.4, 0.5) is 0 Å².